The molecule has 52 valence electrons. The van der Waals surface area contributed by atoms with Gasteiger partial charge in [0.15, 0.2) is 0 Å². The van der Waals surface area contributed by atoms with E-state index in [1.807, 2.05) is 0 Å². The highest BCUT2D eigenvalue weighted by atomic mass is 15.2. The Hall–Kier alpha value is -0.0400. The van der Waals surface area contributed by atoms with E-state index in [0.717, 1.165) is 17.8 Å². The molecule has 0 aromatic carbocycles. The Bertz CT molecular complexity index is 110. The van der Waals surface area contributed by atoms with Crippen LogP contribution in [0.15, 0.2) is 0 Å². The second-order valence-corrected chi connectivity index (χ2v) is 3.54. The average molecular weight is 125 g/mol. The van der Waals surface area contributed by atoms with Gasteiger partial charge in [0, 0.05) is 13.1 Å². The minimum atomic E-state index is 1.06. The predicted molar refractivity (Wildman–Crippen MR) is 38.3 cm³/mol. The van der Waals surface area contributed by atoms with Crippen LogP contribution in [0, 0.1) is 17.8 Å². The van der Waals surface area contributed by atoms with Gasteiger partial charge in [-0.1, -0.05) is 13.8 Å². The van der Waals surface area contributed by atoms with Crippen LogP contribution in [0.25, 0.3) is 0 Å². The molecule has 1 nitrogen and oxygen atoms in total. The lowest BCUT2D eigenvalue weighted by molar-refractivity contribution is 0.304. The maximum atomic E-state index is 2.56. The van der Waals surface area contributed by atoms with E-state index >= 15 is 0 Å². The first-order chi connectivity index (χ1) is 4.33. The van der Waals surface area contributed by atoms with Crippen molar-refractivity contribution in [3.63, 3.8) is 0 Å². The van der Waals surface area contributed by atoms with Crippen molar-refractivity contribution in [2.24, 2.45) is 17.8 Å². The van der Waals surface area contributed by atoms with Gasteiger partial charge in [-0.25, -0.2) is 0 Å². The molecular formula is C8H15N. The van der Waals surface area contributed by atoms with Gasteiger partial charge < -0.3 is 4.90 Å². The molecule has 0 spiro atoms. The lowest BCUT2D eigenvalue weighted by Crippen LogP contribution is -2.23. The summed E-state index contributed by atoms with van der Waals surface area (Å²) in [4.78, 5) is 2.56. The van der Waals surface area contributed by atoms with Crippen LogP contribution in [-0.2, 0) is 0 Å². The van der Waals surface area contributed by atoms with Gasteiger partial charge in [-0.15, -0.1) is 0 Å². The minimum absolute atomic E-state index is 1.06. The van der Waals surface area contributed by atoms with Crippen molar-refractivity contribution < 1.29 is 0 Å². The topological polar surface area (TPSA) is 3.24 Å². The summed E-state index contributed by atoms with van der Waals surface area (Å²) in [5.41, 5.74) is 0. The van der Waals surface area contributed by atoms with Gasteiger partial charge in [-0.3, -0.25) is 0 Å². The maximum absolute atomic E-state index is 2.56. The molecule has 1 saturated carbocycles. The van der Waals surface area contributed by atoms with Crippen LogP contribution in [0.3, 0.4) is 0 Å². The molecule has 0 amide bonds. The van der Waals surface area contributed by atoms with Crippen LogP contribution < -0.4 is 0 Å². The van der Waals surface area contributed by atoms with Gasteiger partial charge in [-0.05, 0) is 24.3 Å². The third-order valence-electron chi connectivity index (χ3n) is 3.15. The van der Waals surface area contributed by atoms with Crippen LogP contribution in [0.4, 0.5) is 0 Å². The van der Waals surface area contributed by atoms with E-state index in [2.05, 4.69) is 18.7 Å². The number of hydrogen-bond acceptors (Lipinski definition) is 1. The van der Waals surface area contributed by atoms with Crippen LogP contribution in [0.1, 0.15) is 13.8 Å². The Morgan fingerprint density at radius 3 is 2.33 bits per heavy atom. The number of piperidine rings is 1. The summed E-state index contributed by atoms with van der Waals surface area (Å²) in [6, 6.07) is 0. The van der Waals surface area contributed by atoms with Gasteiger partial charge in [0.25, 0.3) is 0 Å². The van der Waals surface area contributed by atoms with E-state index in [1.165, 1.54) is 19.6 Å². The number of hydrogen-bond donors (Lipinski definition) is 0. The summed E-state index contributed by atoms with van der Waals surface area (Å²) in [6.45, 7) is 8.70. The van der Waals surface area contributed by atoms with E-state index in [9.17, 15) is 0 Å². The summed E-state index contributed by atoms with van der Waals surface area (Å²) in [5.74, 6) is 3.24. The molecule has 9 heavy (non-hydrogen) atoms. The molecule has 1 aliphatic heterocycles. The molecule has 0 aromatic heterocycles. The quantitative estimate of drug-likeness (QED) is 0.509. The Morgan fingerprint density at radius 1 is 1.33 bits per heavy atom. The fraction of sp³-hybridized carbons (Fsp3) is 1.00. The zero-order valence-corrected chi connectivity index (χ0v) is 6.30. The molecule has 0 radical (unpaired) electrons. The van der Waals surface area contributed by atoms with Gasteiger partial charge in [0.1, 0.15) is 0 Å². The first-order valence-corrected chi connectivity index (χ1v) is 4.05. The van der Waals surface area contributed by atoms with E-state index in [0.29, 0.717) is 0 Å². The lowest BCUT2D eigenvalue weighted by atomic mass is 10.3. The summed E-state index contributed by atoms with van der Waals surface area (Å²) in [7, 11) is 0. The summed E-state index contributed by atoms with van der Waals surface area (Å²) in [5, 5.41) is 0. The lowest BCUT2D eigenvalue weighted by Gasteiger charge is -2.14. The zero-order chi connectivity index (χ0) is 6.43. The van der Waals surface area contributed by atoms with Crippen LogP contribution >= 0.6 is 0 Å². The molecule has 3 atom stereocenters. The summed E-state index contributed by atoms with van der Waals surface area (Å²) in [6.07, 6.45) is 0. The van der Waals surface area contributed by atoms with Crippen LogP contribution in [-0.4, -0.2) is 24.5 Å². The Morgan fingerprint density at radius 2 is 1.89 bits per heavy atom. The highest BCUT2D eigenvalue weighted by Gasteiger charge is 2.51. The molecule has 1 heteroatoms. The fourth-order valence-electron chi connectivity index (χ4n) is 2.17. The average Bonchev–Trinajstić information content (AvgIpc) is 2.32. The Balaban J connectivity index is 1.89. The highest BCUT2D eigenvalue weighted by molar-refractivity contribution is 5.02. The molecule has 1 aliphatic carbocycles. The third-order valence-corrected chi connectivity index (χ3v) is 3.15. The molecule has 0 bridgehead atoms. The Labute approximate surface area is 57.0 Å². The maximum Gasteiger partial charge on any atom is 0.00156 e. The summed E-state index contributed by atoms with van der Waals surface area (Å²) >= 11 is 0. The minimum Gasteiger partial charge on any atom is -0.303 e. The first-order valence-electron chi connectivity index (χ1n) is 4.05. The van der Waals surface area contributed by atoms with Crippen molar-refractivity contribution in [3.8, 4) is 0 Å². The zero-order valence-electron chi connectivity index (χ0n) is 6.30. The molecule has 1 heterocycles. The fourth-order valence-corrected chi connectivity index (χ4v) is 2.17. The van der Waals surface area contributed by atoms with Crippen molar-refractivity contribution in [1.29, 1.82) is 0 Å². The molecular weight excluding hydrogens is 110 g/mol. The van der Waals surface area contributed by atoms with Gasteiger partial charge in [0.05, 0.1) is 0 Å². The molecule has 0 N–H and O–H groups in total. The van der Waals surface area contributed by atoms with Gasteiger partial charge >= 0.3 is 0 Å². The highest BCUT2D eigenvalue weighted by Crippen LogP contribution is 2.50. The van der Waals surface area contributed by atoms with E-state index in [1.54, 1.807) is 0 Å². The van der Waals surface area contributed by atoms with Crippen molar-refractivity contribution in [2.75, 3.05) is 19.6 Å². The second kappa shape index (κ2) is 1.72. The molecule has 2 aliphatic rings. The van der Waals surface area contributed by atoms with Gasteiger partial charge in [0.2, 0.25) is 0 Å². The van der Waals surface area contributed by atoms with Gasteiger partial charge in [-0.2, -0.15) is 0 Å². The normalized spacial score (nSPS) is 49.3. The molecule has 2 rings (SSSR count). The molecule has 2 fully saturated rings. The van der Waals surface area contributed by atoms with Crippen molar-refractivity contribution in [3.05, 3.63) is 0 Å². The number of likely N-dealkylation sites (tertiary alicyclic amines) is 1. The Kier molecular flexibility index (Phi) is 1.10. The van der Waals surface area contributed by atoms with Crippen molar-refractivity contribution >= 4 is 0 Å². The monoisotopic (exact) mass is 125 g/mol. The van der Waals surface area contributed by atoms with Crippen LogP contribution in [0.5, 0.6) is 0 Å². The number of rotatable bonds is 1. The van der Waals surface area contributed by atoms with Crippen molar-refractivity contribution in [2.45, 2.75) is 13.8 Å². The van der Waals surface area contributed by atoms with E-state index < -0.39 is 0 Å². The molecule has 0 aromatic rings. The SMILES string of the molecule is CCN1C[C@@H]2[C@@H](C)[C@@H]2C1. The molecule has 1 saturated heterocycles. The largest absolute Gasteiger partial charge is 0.303 e. The second-order valence-electron chi connectivity index (χ2n) is 3.54. The standard InChI is InChI=1S/C8H15N/c1-3-9-4-7-6(2)8(7)5-9/h6-8H,3-5H2,1-2H3/t6-,7-,8+. The molecule has 0 unspecified atom stereocenters. The van der Waals surface area contributed by atoms with Crippen LogP contribution in [0.2, 0.25) is 0 Å². The van der Waals surface area contributed by atoms with E-state index in [-0.39, 0.29) is 0 Å². The third kappa shape index (κ3) is 0.710. The predicted octanol–water partition coefficient (Wildman–Crippen LogP) is 1.20. The number of fused-ring (bicyclic) bond motifs is 1. The summed E-state index contributed by atoms with van der Waals surface area (Å²) < 4.78 is 0. The smallest absolute Gasteiger partial charge is 0.00156 e. The number of nitrogens with zero attached hydrogens (tertiary/aromatic N) is 1. The van der Waals surface area contributed by atoms with Crippen molar-refractivity contribution in [1.82, 2.24) is 4.90 Å². The van der Waals surface area contributed by atoms with E-state index in [4.69, 9.17) is 0 Å². The first kappa shape index (κ1) is 5.72.